The number of aryl methyl sites for hydroxylation is 1. The van der Waals surface area contributed by atoms with E-state index >= 15 is 0 Å². The van der Waals surface area contributed by atoms with Gasteiger partial charge in [0.15, 0.2) is 0 Å². The maximum absolute atomic E-state index is 12.1. The van der Waals surface area contributed by atoms with Crippen molar-refractivity contribution < 1.29 is 18.8 Å². The van der Waals surface area contributed by atoms with Gasteiger partial charge in [-0.1, -0.05) is 34.4 Å². The molecule has 9 heteroatoms. The van der Waals surface area contributed by atoms with E-state index in [4.69, 9.17) is 32.5 Å². The van der Waals surface area contributed by atoms with Crippen molar-refractivity contribution in [1.82, 2.24) is 10.9 Å². The van der Waals surface area contributed by atoms with E-state index in [1.54, 1.807) is 25.1 Å². The lowest BCUT2D eigenvalue weighted by molar-refractivity contribution is -0.131. The predicted molar refractivity (Wildman–Crippen MR) is 91.5 cm³/mol. The Bertz CT molecular complexity index is 863. The fraction of sp³-hybridized carbons (Fsp3) is 0.188. The van der Waals surface area contributed by atoms with Crippen molar-refractivity contribution >= 4 is 40.7 Å². The summed E-state index contributed by atoms with van der Waals surface area (Å²) in [5.74, 6) is -0.565. The standard InChI is InChI=1S/C16H13Cl2N3O4/c1-8-10(4-5-24-8)15(22)19-20-16(23)14-7-13(21-25-14)11-3-2-9(17)6-12(11)18/h2-6,14H,7H2,1H3,(H,19,22)(H,20,23). The first kappa shape index (κ1) is 17.3. The van der Waals surface area contributed by atoms with Gasteiger partial charge in [-0.05, 0) is 25.1 Å². The molecule has 25 heavy (non-hydrogen) atoms. The van der Waals surface area contributed by atoms with E-state index in [2.05, 4.69) is 16.0 Å². The largest absolute Gasteiger partial charge is 0.469 e. The molecule has 2 N–H and O–H groups in total. The number of hydrazine groups is 1. The number of furan rings is 1. The zero-order chi connectivity index (χ0) is 18.0. The Labute approximate surface area is 152 Å². The number of hydrogen-bond donors (Lipinski definition) is 2. The molecule has 2 heterocycles. The zero-order valence-electron chi connectivity index (χ0n) is 13.0. The number of amides is 2. The molecule has 130 valence electrons. The van der Waals surface area contributed by atoms with Crippen LogP contribution in [0.5, 0.6) is 0 Å². The minimum Gasteiger partial charge on any atom is -0.469 e. The van der Waals surface area contributed by atoms with Gasteiger partial charge >= 0.3 is 0 Å². The summed E-state index contributed by atoms with van der Waals surface area (Å²) in [6, 6.07) is 6.47. The third kappa shape index (κ3) is 3.78. The summed E-state index contributed by atoms with van der Waals surface area (Å²) in [6.07, 6.45) is 0.739. The van der Waals surface area contributed by atoms with Crippen molar-refractivity contribution in [2.45, 2.75) is 19.4 Å². The van der Waals surface area contributed by atoms with Gasteiger partial charge in [-0.2, -0.15) is 0 Å². The highest BCUT2D eigenvalue weighted by Crippen LogP contribution is 2.25. The van der Waals surface area contributed by atoms with Gasteiger partial charge in [-0.25, -0.2) is 0 Å². The van der Waals surface area contributed by atoms with Gasteiger partial charge in [0.05, 0.1) is 22.6 Å². The van der Waals surface area contributed by atoms with Gasteiger partial charge in [0.2, 0.25) is 6.10 Å². The SMILES string of the molecule is Cc1occc1C(=O)NNC(=O)C1CC(c2ccc(Cl)cc2Cl)=NO1. The summed E-state index contributed by atoms with van der Waals surface area (Å²) in [5.41, 5.74) is 6.10. The number of benzene rings is 1. The Kier molecular flexibility index (Phi) is 4.96. The van der Waals surface area contributed by atoms with Crippen LogP contribution in [0.2, 0.25) is 10.0 Å². The number of nitrogens with one attached hydrogen (secondary N) is 2. The van der Waals surface area contributed by atoms with Gasteiger partial charge < -0.3 is 9.25 Å². The smallest absolute Gasteiger partial charge is 0.282 e. The van der Waals surface area contributed by atoms with Crippen LogP contribution in [-0.2, 0) is 9.63 Å². The van der Waals surface area contributed by atoms with Crippen LogP contribution in [0.25, 0.3) is 0 Å². The molecule has 0 saturated heterocycles. The van der Waals surface area contributed by atoms with Crippen molar-refractivity contribution in [1.29, 1.82) is 0 Å². The number of oxime groups is 1. The number of hydrogen-bond acceptors (Lipinski definition) is 5. The van der Waals surface area contributed by atoms with Crippen LogP contribution >= 0.6 is 23.2 Å². The molecule has 0 aliphatic carbocycles. The van der Waals surface area contributed by atoms with Gasteiger partial charge in [0, 0.05) is 17.0 Å². The predicted octanol–water partition coefficient (Wildman–Crippen LogP) is 2.85. The van der Waals surface area contributed by atoms with E-state index in [0.717, 1.165) is 0 Å². The van der Waals surface area contributed by atoms with Crippen LogP contribution in [-0.4, -0.2) is 23.6 Å². The summed E-state index contributed by atoms with van der Waals surface area (Å²) < 4.78 is 5.04. The Hall–Kier alpha value is -2.51. The molecule has 0 saturated carbocycles. The third-order valence-corrected chi connectivity index (χ3v) is 4.15. The van der Waals surface area contributed by atoms with Crippen LogP contribution < -0.4 is 10.9 Å². The highest BCUT2D eigenvalue weighted by molar-refractivity contribution is 6.37. The Balaban J connectivity index is 1.57. The first-order chi connectivity index (χ1) is 12.0. The number of halogens is 2. The van der Waals surface area contributed by atoms with Crippen molar-refractivity contribution in [3.63, 3.8) is 0 Å². The van der Waals surface area contributed by atoms with Gasteiger partial charge in [-0.3, -0.25) is 20.4 Å². The summed E-state index contributed by atoms with van der Waals surface area (Å²) in [6.45, 7) is 1.65. The fourth-order valence-electron chi connectivity index (χ4n) is 2.29. The van der Waals surface area contributed by atoms with E-state index in [1.807, 2.05) is 0 Å². The number of rotatable bonds is 3. The number of nitrogens with zero attached hydrogens (tertiary/aromatic N) is 1. The lowest BCUT2D eigenvalue weighted by Crippen LogP contribution is -2.46. The normalized spacial score (nSPS) is 16.1. The van der Waals surface area contributed by atoms with Crippen LogP contribution in [0.3, 0.4) is 0 Å². The van der Waals surface area contributed by atoms with Gasteiger partial charge in [0.1, 0.15) is 5.76 Å². The van der Waals surface area contributed by atoms with E-state index in [0.29, 0.717) is 32.6 Å². The fourth-order valence-corrected chi connectivity index (χ4v) is 2.80. The average molecular weight is 382 g/mol. The quantitative estimate of drug-likeness (QED) is 0.799. The second-order valence-corrected chi connectivity index (χ2v) is 6.14. The van der Waals surface area contributed by atoms with E-state index in [1.165, 1.54) is 12.3 Å². The minimum atomic E-state index is -0.868. The Morgan fingerprint density at radius 2 is 2.04 bits per heavy atom. The van der Waals surface area contributed by atoms with Crippen molar-refractivity contribution in [2.24, 2.45) is 5.16 Å². The van der Waals surface area contributed by atoms with Crippen molar-refractivity contribution in [3.05, 3.63) is 57.5 Å². The third-order valence-electron chi connectivity index (χ3n) is 3.61. The average Bonchev–Trinajstić information content (AvgIpc) is 3.21. The molecular weight excluding hydrogens is 369 g/mol. The van der Waals surface area contributed by atoms with Crippen LogP contribution in [0.4, 0.5) is 0 Å². The molecule has 1 aliphatic rings. The lowest BCUT2D eigenvalue weighted by Gasteiger charge is -2.10. The second kappa shape index (κ2) is 7.16. The summed E-state index contributed by atoms with van der Waals surface area (Å²) in [4.78, 5) is 29.2. The molecule has 1 aliphatic heterocycles. The van der Waals surface area contributed by atoms with Crippen LogP contribution in [0.15, 0.2) is 40.1 Å². The summed E-state index contributed by atoms with van der Waals surface area (Å²) in [7, 11) is 0. The molecule has 3 rings (SSSR count). The molecule has 0 spiro atoms. The molecule has 1 unspecified atom stereocenters. The molecule has 0 radical (unpaired) electrons. The monoisotopic (exact) mass is 381 g/mol. The molecule has 7 nitrogen and oxygen atoms in total. The van der Waals surface area contributed by atoms with Crippen molar-refractivity contribution in [2.75, 3.05) is 0 Å². The van der Waals surface area contributed by atoms with Crippen LogP contribution in [0.1, 0.15) is 28.1 Å². The van der Waals surface area contributed by atoms with Crippen molar-refractivity contribution in [3.8, 4) is 0 Å². The highest BCUT2D eigenvalue weighted by Gasteiger charge is 2.30. The van der Waals surface area contributed by atoms with E-state index in [9.17, 15) is 9.59 Å². The lowest BCUT2D eigenvalue weighted by atomic mass is 10.0. The molecule has 0 bridgehead atoms. The molecule has 0 fully saturated rings. The highest BCUT2D eigenvalue weighted by atomic mass is 35.5. The molecule has 1 aromatic heterocycles. The first-order valence-electron chi connectivity index (χ1n) is 7.28. The zero-order valence-corrected chi connectivity index (χ0v) is 14.5. The molecule has 2 aromatic rings. The van der Waals surface area contributed by atoms with Crippen LogP contribution in [0, 0.1) is 6.92 Å². The van der Waals surface area contributed by atoms with Gasteiger partial charge in [0.25, 0.3) is 11.8 Å². The molecule has 2 amide bonds. The number of carbonyl (C=O) groups is 2. The van der Waals surface area contributed by atoms with E-state index in [-0.39, 0.29) is 6.42 Å². The second-order valence-electron chi connectivity index (χ2n) is 5.29. The summed E-state index contributed by atoms with van der Waals surface area (Å²) in [5, 5.41) is 4.81. The first-order valence-corrected chi connectivity index (χ1v) is 8.03. The topological polar surface area (TPSA) is 92.9 Å². The minimum absolute atomic E-state index is 0.216. The maximum Gasteiger partial charge on any atom is 0.282 e. The Morgan fingerprint density at radius 1 is 1.24 bits per heavy atom. The number of carbonyl (C=O) groups excluding carboxylic acids is 2. The van der Waals surface area contributed by atoms with Gasteiger partial charge in [-0.15, -0.1) is 0 Å². The summed E-state index contributed by atoms with van der Waals surface area (Å²) >= 11 is 12.0. The molecule has 1 aromatic carbocycles. The van der Waals surface area contributed by atoms with E-state index < -0.39 is 17.9 Å². The Morgan fingerprint density at radius 3 is 2.72 bits per heavy atom. The molecular formula is C16H13Cl2N3O4. The molecule has 1 atom stereocenters. The maximum atomic E-state index is 12.1.